The number of nitrogens with zero attached hydrogens (tertiary/aromatic N) is 1. The van der Waals surface area contributed by atoms with Gasteiger partial charge >= 0.3 is 0 Å². The Kier molecular flexibility index (Phi) is 3.86. The van der Waals surface area contributed by atoms with Gasteiger partial charge < -0.3 is 0 Å². The molecule has 0 saturated carbocycles. The zero-order valence-electron chi connectivity index (χ0n) is 12.5. The molecule has 3 nitrogen and oxygen atoms in total. The Bertz CT molecular complexity index is 1030. The van der Waals surface area contributed by atoms with Gasteiger partial charge in [-0.1, -0.05) is 29.3 Å². The molecule has 0 atom stereocenters. The minimum Gasteiger partial charge on any atom is -0.255 e. The predicted octanol–water partition coefficient (Wildman–Crippen LogP) is 4.48. The second kappa shape index (κ2) is 5.58. The van der Waals surface area contributed by atoms with Gasteiger partial charge in [-0.15, -0.1) is 0 Å². The van der Waals surface area contributed by atoms with Gasteiger partial charge in [-0.2, -0.15) is 0 Å². The van der Waals surface area contributed by atoms with E-state index in [4.69, 9.17) is 11.6 Å². The maximum absolute atomic E-state index is 13.7. The number of fused-ring (bicyclic) bond motifs is 1. The fraction of sp³-hybridized carbons (Fsp3) is 0.118. The van der Waals surface area contributed by atoms with Crippen LogP contribution in [0.3, 0.4) is 0 Å². The molecule has 3 rings (SSSR count). The Balaban J connectivity index is 2.26. The molecule has 23 heavy (non-hydrogen) atoms. The van der Waals surface area contributed by atoms with Crippen LogP contribution in [0, 0.1) is 19.7 Å². The highest BCUT2D eigenvalue weighted by molar-refractivity contribution is 7.91. The zero-order valence-corrected chi connectivity index (χ0v) is 14.0. The highest BCUT2D eigenvalue weighted by atomic mass is 35.5. The van der Waals surface area contributed by atoms with Crippen LogP contribution in [0.2, 0.25) is 5.02 Å². The molecule has 1 aromatic heterocycles. The van der Waals surface area contributed by atoms with Crippen LogP contribution in [0.25, 0.3) is 10.9 Å². The first-order valence-corrected chi connectivity index (χ1v) is 8.73. The van der Waals surface area contributed by atoms with Crippen molar-refractivity contribution in [3.63, 3.8) is 0 Å². The lowest BCUT2D eigenvalue weighted by atomic mass is 10.1. The summed E-state index contributed by atoms with van der Waals surface area (Å²) in [6.07, 6.45) is 1.22. The second-order valence-corrected chi connectivity index (χ2v) is 7.67. The van der Waals surface area contributed by atoms with E-state index in [1.807, 2.05) is 13.0 Å². The van der Waals surface area contributed by atoms with E-state index in [2.05, 4.69) is 4.98 Å². The van der Waals surface area contributed by atoms with Crippen LogP contribution < -0.4 is 0 Å². The Labute approximate surface area is 138 Å². The van der Waals surface area contributed by atoms with Crippen LogP contribution in [0.4, 0.5) is 4.39 Å². The molecule has 0 radical (unpaired) electrons. The summed E-state index contributed by atoms with van der Waals surface area (Å²) in [5.74, 6) is -0.577. The Hall–Kier alpha value is -1.98. The fourth-order valence-corrected chi connectivity index (χ4v) is 4.11. The summed E-state index contributed by atoms with van der Waals surface area (Å²) in [7, 11) is -3.95. The van der Waals surface area contributed by atoms with E-state index in [-0.39, 0.29) is 14.8 Å². The third-order valence-corrected chi connectivity index (χ3v) is 5.95. The number of hydrogen-bond donors (Lipinski definition) is 0. The van der Waals surface area contributed by atoms with E-state index in [0.717, 1.165) is 11.6 Å². The number of aromatic nitrogens is 1. The second-order valence-electron chi connectivity index (χ2n) is 5.37. The summed E-state index contributed by atoms with van der Waals surface area (Å²) >= 11 is 6.31. The molecule has 0 saturated heterocycles. The maximum Gasteiger partial charge on any atom is 0.209 e. The van der Waals surface area contributed by atoms with Crippen LogP contribution in [0.1, 0.15) is 11.1 Å². The van der Waals surface area contributed by atoms with E-state index in [0.29, 0.717) is 16.5 Å². The number of hydrogen-bond acceptors (Lipinski definition) is 3. The zero-order chi connectivity index (χ0) is 16.8. The summed E-state index contributed by atoms with van der Waals surface area (Å²) in [6, 6.07) is 9.22. The lowest BCUT2D eigenvalue weighted by Gasteiger charge is -2.10. The normalized spacial score (nSPS) is 11.8. The minimum absolute atomic E-state index is 0.0969. The molecular formula is C17H13ClFNO2S. The van der Waals surface area contributed by atoms with Crippen LogP contribution in [-0.2, 0) is 9.84 Å². The van der Waals surface area contributed by atoms with E-state index < -0.39 is 15.7 Å². The molecule has 6 heteroatoms. The third kappa shape index (κ3) is 2.71. The SMILES string of the molecule is Cc1ccc2ncc(S(=O)(=O)c3ccc(C)c(F)c3)c(Cl)c2c1. The number of sulfone groups is 1. The summed E-state index contributed by atoms with van der Waals surface area (Å²) in [6.45, 7) is 3.45. The predicted molar refractivity (Wildman–Crippen MR) is 88.1 cm³/mol. The Morgan fingerprint density at radius 1 is 1.09 bits per heavy atom. The van der Waals surface area contributed by atoms with Crippen molar-refractivity contribution in [1.29, 1.82) is 0 Å². The summed E-state index contributed by atoms with van der Waals surface area (Å²) in [5.41, 5.74) is 1.93. The molecule has 3 aromatic rings. The van der Waals surface area contributed by atoms with Crippen molar-refractivity contribution < 1.29 is 12.8 Å². The van der Waals surface area contributed by atoms with Gasteiger partial charge in [-0.05, 0) is 43.7 Å². The topological polar surface area (TPSA) is 47.0 Å². The van der Waals surface area contributed by atoms with Gasteiger partial charge in [0.05, 0.1) is 15.4 Å². The number of aryl methyl sites for hydroxylation is 2. The standard InChI is InChI=1S/C17H13ClFNO2S/c1-10-3-6-15-13(7-10)17(18)16(9-20-15)23(21,22)12-5-4-11(2)14(19)8-12/h3-9H,1-2H3. The number of halogens is 2. The number of rotatable bonds is 2. The van der Waals surface area contributed by atoms with E-state index >= 15 is 0 Å². The first-order chi connectivity index (χ1) is 10.8. The molecule has 0 N–H and O–H groups in total. The van der Waals surface area contributed by atoms with Crippen LogP contribution in [-0.4, -0.2) is 13.4 Å². The molecule has 0 spiro atoms. The Morgan fingerprint density at radius 3 is 2.52 bits per heavy atom. The average Bonchev–Trinajstić information content (AvgIpc) is 2.50. The monoisotopic (exact) mass is 349 g/mol. The van der Waals surface area contributed by atoms with E-state index in [1.165, 1.54) is 18.3 Å². The fourth-order valence-electron chi connectivity index (χ4n) is 2.31. The maximum atomic E-state index is 13.7. The van der Waals surface area contributed by atoms with Crippen molar-refractivity contribution in [3.05, 3.63) is 64.6 Å². The number of benzene rings is 2. The van der Waals surface area contributed by atoms with Crippen molar-refractivity contribution in [2.45, 2.75) is 23.6 Å². The molecule has 2 aromatic carbocycles. The lowest BCUT2D eigenvalue weighted by molar-refractivity contribution is 0.589. The first-order valence-electron chi connectivity index (χ1n) is 6.87. The molecule has 0 fully saturated rings. The molecule has 0 unspecified atom stereocenters. The van der Waals surface area contributed by atoms with E-state index in [9.17, 15) is 12.8 Å². The summed E-state index contributed by atoms with van der Waals surface area (Å²) < 4.78 is 39.2. The Morgan fingerprint density at radius 2 is 1.83 bits per heavy atom. The van der Waals surface area contributed by atoms with E-state index in [1.54, 1.807) is 19.1 Å². The van der Waals surface area contributed by atoms with Gasteiger partial charge in [-0.3, -0.25) is 4.98 Å². The summed E-state index contributed by atoms with van der Waals surface area (Å²) in [4.78, 5) is 3.89. The van der Waals surface area contributed by atoms with Gasteiger partial charge in [0, 0.05) is 11.6 Å². The average molecular weight is 350 g/mol. The smallest absolute Gasteiger partial charge is 0.209 e. The molecule has 0 aliphatic carbocycles. The molecule has 0 aliphatic heterocycles. The largest absolute Gasteiger partial charge is 0.255 e. The highest BCUT2D eigenvalue weighted by Gasteiger charge is 2.23. The van der Waals surface area contributed by atoms with Gasteiger partial charge in [0.2, 0.25) is 9.84 Å². The lowest BCUT2D eigenvalue weighted by Crippen LogP contribution is -2.05. The molecular weight excluding hydrogens is 337 g/mol. The number of pyridine rings is 1. The molecule has 0 bridgehead atoms. The van der Waals surface area contributed by atoms with Crippen molar-refractivity contribution >= 4 is 32.3 Å². The van der Waals surface area contributed by atoms with Crippen molar-refractivity contribution in [1.82, 2.24) is 4.98 Å². The van der Waals surface area contributed by atoms with Gasteiger partial charge in [0.25, 0.3) is 0 Å². The molecule has 0 amide bonds. The van der Waals surface area contributed by atoms with Crippen LogP contribution >= 0.6 is 11.6 Å². The molecule has 1 heterocycles. The van der Waals surface area contributed by atoms with Gasteiger partial charge in [-0.25, -0.2) is 12.8 Å². The highest BCUT2D eigenvalue weighted by Crippen LogP contribution is 2.33. The van der Waals surface area contributed by atoms with Crippen molar-refractivity contribution in [2.75, 3.05) is 0 Å². The van der Waals surface area contributed by atoms with Gasteiger partial charge in [0.1, 0.15) is 10.7 Å². The van der Waals surface area contributed by atoms with Crippen LogP contribution in [0.5, 0.6) is 0 Å². The minimum atomic E-state index is -3.95. The van der Waals surface area contributed by atoms with Crippen LogP contribution in [0.15, 0.2) is 52.4 Å². The van der Waals surface area contributed by atoms with Crippen molar-refractivity contribution in [3.8, 4) is 0 Å². The quantitative estimate of drug-likeness (QED) is 0.685. The van der Waals surface area contributed by atoms with Crippen molar-refractivity contribution in [2.24, 2.45) is 0 Å². The third-order valence-electron chi connectivity index (χ3n) is 3.67. The van der Waals surface area contributed by atoms with Gasteiger partial charge in [0.15, 0.2) is 0 Å². The molecule has 118 valence electrons. The first kappa shape index (κ1) is 15.9. The molecule has 0 aliphatic rings. The summed E-state index contributed by atoms with van der Waals surface area (Å²) in [5, 5.41) is 0.653.